The van der Waals surface area contributed by atoms with Crippen LogP contribution in [0.15, 0.2) is 0 Å². The molecule has 3 unspecified atom stereocenters. The van der Waals surface area contributed by atoms with E-state index in [1.807, 2.05) is 0 Å². The number of unbranched alkanes of at least 4 members (excludes halogenated alkanes) is 52. The van der Waals surface area contributed by atoms with Crippen LogP contribution in [0.2, 0.25) is 0 Å². The third kappa shape index (κ3) is 76.6. The molecule has 0 amide bonds. The van der Waals surface area contributed by atoms with Crippen LogP contribution < -0.4 is 0 Å². The Balaban J connectivity index is 5.22. The van der Waals surface area contributed by atoms with Crippen molar-refractivity contribution in [2.24, 2.45) is 11.8 Å². The molecule has 0 saturated carbocycles. The van der Waals surface area contributed by atoms with Gasteiger partial charge < -0.3 is 33.8 Å². The minimum Gasteiger partial charge on any atom is -0.462 e. The third-order valence-corrected chi connectivity index (χ3v) is 22.0. The smallest absolute Gasteiger partial charge is 0.462 e. The summed E-state index contributed by atoms with van der Waals surface area (Å²) >= 11 is 0. The summed E-state index contributed by atoms with van der Waals surface area (Å²) in [6, 6.07) is 0. The van der Waals surface area contributed by atoms with Gasteiger partial charge in [0.15, 0.2) is 12.2 Å². The summed E-state index contributed by atoms with van der Waals surface area (Å²) in [5, 5.41) is 10.7. The van der Waals surface area contributed by atoms with Gasteiger partial charge in [-0.15, -0.1) is 0 Å². The van der Waals surface area contributed by atoms with Crippen LogP contribution >= 0.6 is 15.6 Å². The average molecular weight is 1510 g/mol. The molecule has 0 aromatic carbocycles. The highest BCUT2D eigenvalue weighted by Crippen LogP contribution is 2.45. The highest BCUT2D eigenvalue weighted by molar-refractivity contribution is 7.47. The summed E-state index contributed by atoms with van der Waals surface area (Å²) in [5.41, 5.74) is 0. The summed E-state index contributed by atoms with van der Waals surface area (Å²) in [4.78, 5) is 73.1. The van der Waals surface area contributed by atoms with Crippen molar-refractivity contribution in [2.75, 3.05) is 39.6 Å². The number of phosphoric acid groups is 2. The van der Waals surface area contributed by atoms with Gasteiger partial charge in [0, 0.05) is 25.7 Å². The van der Waals surface area contributed by atoms with Crippen LogP contribution in [-0.4, -0.2) is 96.7 Å². The molecule has 0 aromatic heterocycles. The third-order valence-electron chi connectivity index (χ3n) is 20.1. The number of aliphatic hydroxyl groups excluding tert-OH is 1. The Morgan fingerprint density at radius 3 is 0.738 bits per heavy atom. The summed E-state index contributed by atoms with van der Waals surface area (Å²) in [7, 11) is -9.92. The summed E-state index contributed by atoms with van der Waals surface area (Å²) in [6.07, 6.45) is 66.7. The number of carbonyl (C=O) groups excluding carboxylic acids is 4. The number of esters is 4. The molecule has 0 heterocycles. The highest BCUT2D eigenvalue weighted by Gasteiger charge is 2.30. The molecule has 6 atom stereocenters. The van der Waals surface area contributed by atoms with Gasteiger partial charge in [-0.1, -0.05) is 395 Å². The van der Waals surface area contributed by atoms with Crippen molar-refractivity contribution in [3.63, 3.8) is 0 Å². The molecule has 19 heteroatoms. The van der Waals surface area contributed by atoms with Gasteiger partial charge >= 0.3 is 39.5 Å². The van der Waals surface area contributed by atoms with Gasteiger partial charge in [0.1, 0.15) is 19.3 Å². The first kappa shape index (κ1) is 101. The monoisotopic (exact) mass is 1510 g/mol. The van der Waals surface area contributed by atoms with Crippen LogP contribution in [0.3, 0.4) is 0 Å². The number of hydrogen-bond acceptors (Lipinski definition) is 15. The molecule has 0 aliphatic rings. The zero-order valence-electron chi connectivity index (χ0n) is 67.6. The molecule has 0 aromatic rings. The van der Waals surface area contributed by atoms with Crippen LogP contribution in [0.5, 0.6) is 0 Å². The minimum atomic E-state index is -4.96. The van der Waals surface area contributed by atoms with E-state index in [1.54, 1.807) is 0 Å². The summed E-state index contributed by atoms with van der Waals surface area (Å²) in [5.74, 6) is -0.593. The van der Waals surface area contributed by atoms with E-state index in [4.69, 9.17) is 37.0 Å². The maximum Gasteiger partial charge on any atom is 0.472 e. The average Bonchev–Trinajstić information content (AvgIpc) is 0.917. The van der Waals surface area contributed by atoms with E-state index >= 15 is 0 Å². The molecule has 17 nitrogen and oxygen atoms in total. The second-order valence-electron chi connectivity index (χ2n) is 30.9. The van der Waals surface area contributed by atoms with Crippen LogP contribution in [0.4, 0.5) is 0 Å². The maximum atomic E-state index is 13.1. The Bertz CT molecular complexity index is 1980. The van der Waals surface area contributed by atoms with Gasteiger partial charge in [-0.2, -0.15) is 0 Å². The first-order chi connectivity index (χ1) is 49.9. The van der Waals surface area contributed by atoms with Crippen LogP contribution in [0.1, 0.15) is 446 Å². The van der Waals surface area contributed by atoms with Crippen molar-refractivity contribution in [3.05, 3.63) is 0 Å². The molecule has 0 bridgehead atoms. The van der Waals surface area contributed by atoms with Gasteiger partial charge in [0.25, 0.3) is 0 Å². The topological polar surface area (TPSA) is 237 Å². The second-order valence-corrected chi connectivity index (χ2v) is 33.8. The van der Waals surface area contributed by atoms with Crippen molar-refractivity contribution >= 4 is 39.5 Å². The van der Waals surface area contributed by atoms with E-state index in [2.05, 4.69) is 41.5 Å². The quantitative estimate of drug-likeness (QED) is 0.0222. The van der Waals surface area contributed by atoms with E-state index in [-0.39, 0.29) is 25.7 Å². The molecule has 0 spiro atoms. The number of carbonyl (C=O) groups is 4. The lowest BCUT2D eigenvalue weighted by Gasteiger charge is -2.21. The van der Waals surface area contributed by atoms with Gasteiger partial charge in [0.05, 0.1) is 26.4 Å². The number of ether oxygens (including phenoxy) is 4. The maximum absolute atomic E-state index is 13.1. The van der Waals surface area contributed by atoms with Crippen molar-refractivity contribution in [3.8, 4) is 0 Å². The molecule has 612 valence electrons. The number of hydrogen-bond donors (Lipinski definition) is 3. The molecule has 3 N–H and O–H groups in total. The predicted octanol–water partition coefficient (Wildman–Crippen LogP) is 25.5. The summed E-state index contributed by atoms with van der Waals surface area (Å²) in [6.45, 7) is 9.63. The van der Waals surface area contributed by atoms with Crippen LogP contribution in [-0.2, 0) is 65.4 Å². The number of phosphoric ester groups is 2. The fourth-order valence-electron chi connectivity index (χ4n) is 13.0. The first-order valence-corrected chi connectivity index (χ1v) is 46.5. The molecular weight excluding hydrogens is 1340 g/mol. The lowest BCUT2D eigenvalue weighted by molar-refractivity contribution is -0.161. The Kier molecular flexibility index (Phi) is 74.1. The Morgan fingerprint density at radius 2 is 0.495 bits per heavy atom. The first-order valence-electron chi connectivity index (χ1n) is 43.5. The Morgan fingerprint density at radius 1 is 0.282 bits per heavy atom. The molecule has 0 aliphatic carbocycles. The van der Waals surface area contributed by atoms with E-state index in [9.17, 15) is 43.2 Å². The lowest BCUT2D eigenvalue weighted by atomic mass is 9.99. The predicted molar refractivity (Wildman–Crippen MR) is 423 cm³/mol. The van der Waals surface area contributed by atoms with Crippen LogP contribution in [0.25, 0.3) is 0 Å². The number of rotatable bonds is 83. The van der Waals surface area contributed by atoms with E-state index in [0.29, 0.717) is 25.7 Å². The van der Waals surface area contributed by atoms with Gasteiger partial charge in [-0.05, 0) is 37.5 Å². The van der Waals surface area contributed by atoms with Crippen molar-refractivity contribution < 1.29 is 80.2 Å². The largest absolute Gasteiger partial charge is 0.472 e. The lowest BCUT2D eigenvalue weighted by Crippen LogP contribution is -2.30. The zero-order chi connectivity index (χ0) is 75.6. The fourth-order valence-corrected chi connectivity index (χ4v) is 14.6. The molecule has 0 aliphatic heterocycles. The van der Waals surface area contributed by atoms with Gasteiger partial charge in [-0.25, -0.2) is 9.13 Å². The Labute approximate surface area is 632 Å². The molecule has 0 fully saturated rings. The molecule has 0 rings (SSSR count). The molecule has 103 heavy (non-hydrogen) atoms. The van der Waals surface area contributed by atoms with Gasteiger partial charge in [-0.3, -0.25) is 37.3 Å². The van der Waals surface area contributed by atoms with E-state index in [0.717, 1.165) is 102 Å². The summed E-state index contributed by atoms with van der Waals surface area (Å²) < 4.78 is 68.8. The van der Waals surface area contributed by atoms with Crippen molar-refractivity contribution in [2.45, 2.75) is 464 Å². The minimum absolute atomic E-state index is 0.105. The van der Waals surface area contributed by atoms with E-state index < -0.39 is 97.5 Å². The Hall–Kier alpha value is -1.94. The SMILES string of the molecule is CCCCCCCCCCCCCCCCCCCCCCCCC(=O)O[C@H](COC(=O)CCCCCCCCCCCCCCCCCCC)COP(=O)(O)OC[C@@H](O)COP(=O)(O)OC[C@@H](COC(=O)CCCCCCCCCCC(C)CC)OC(=O)CCCCCCCCCCCC(C)C. The van der Waals surface area contributed by atoms with Crippen molar-refractivity contribution in [1.82, 2.24) is 0 Å². The second kappa shape index (κ2) is 75.5. The fraction of sp³-hybridized carbons (Fsp3) is 0.952. The zero-order valence-corrected chi connectivity index (χ0v) is 69.4. The molecular formula is C84H164O17P2. The van der Waals surface area contributed by atoms with Crippen LogP contribution in [0, 0.1) is 11.8 Å². The molecule has 0 radical (unpaired) electrons. The standard InChI is InChI=1S/C84H164O17P2/c1-7-10-12-14-16-18-20-22-24-26-27-28-29-30-32-34-36-38-42-50-56-62-68-83(88)100-79(72-94-81(86)66-60-54-48-41-37-35-33-31-25-23-21-19-17-15-13-11-8-2)74-98-102(90,91)96-70-78(85)71-97-103(92,93)99-75-80(101-84(89)69-63-57-51-43-39-40-46-52-58-64-76(4)5)73-95-82(87)67-61-55-49-45-44-47-53-59-65-77(6)9-3/h76-80,85H,7-75H2,1-6H3,(H,90,91)(H,92,93)/t77?,78-,79-,80-/m1/s1. The number of aliphatic hydroxyl groups is 1. The van der Waals surface area contributed by atoms with Gasteiger partial charge in [0.2, 0.25) is 0 Å². The normalized spacial score (nSPS) is 14.1. The van der Waals surface area contributed by atoms with Crippen molar-refractivity contribution in [1.29, 1.82) is 0 Å². The molecule has 0 saturated heterocycles. The highest BCUT2D eigenvalue weighted by atomic mass is 31.2. The van der Waals surface area contributed by atoms with E-state index in [1.165, 1.54) is 263 Å².